The number of nitrogens with one attached hydrogen (secondary N) is 1. The van der Waals surface area contributed by atoms with Gasteiger partial charge in [0.15, 0.2) is 11.9 Å². The van der Waals surface area contributed by atoms with Gasteiger partial charge in [0.2, 0.25) is 0 Å². The standard InChI is InChI=1S/C24H23F2N3O3/c1-12(2)23-19(13-3-8-18(24(30)31)32-11-13)20-17(9-14-10-27-28-22(14)21(20)26)29(23)16-6-4-15(25)5-7-16/h4-7,9-10,12-13,18H,3,8,11H2,1-2H3,(H,27,28)(H,30,31)/t13-,18+/m1/s1. The molecule has 2 aromatic carbocycles. The minimum absolute atomic E-state index is 0.0236. The second-order valence-corrected chi connectivity index (χ2v) is 8.62. The van der Waals surface area contributed by atoms with Crippen molar-refractivity contribution < 1.29 is 23.4 Å². The molecule has 5 rings (SSSR count). The van der Waals surface area contributed by atoms with E-state index in [9.17, 15) is 14.3 Å². The molecule has 0 spiro atoms. The quantitative estimate of drug-likeness (QED) is 0.455. The SMILES string of the molecule is CC(C)c1c([C@@H]2CC[C@@H](C(=O)O)OC2)c2c(F)c3[nH]ncc3cc2n1-c1ccc(F)cc1. The van der Waals surface area contributed by atoms with E-state index in [4.69, 9.17) is 4.74 Å². The van der Waals surface area contributed by atoms with Crippen LogP contribution in [0, 0.1) is 11.6 Å². The summed E-state index contributed by atoms with van der Waals surface area (Å²) in [4.78, 5) is 11.3. The van der Waals surface area contributed by atoms with Crippen molar-refractivity contribution >= 4 is 27.8 Å². The second-order valence-electron chi connectivity index (χ2n) is 8.62. The Morgan fingerprint density at radius 1 is 1.25 bits per heavy atom. The van der Waals surface area contributed by atoms with Gasteiger partial charge in [-0.1, -0.05) is 13.8 Å². The molecule has 2 aromatic heterocycles. The Morgan fingerprint density at radius 2 is 2.00 bits per heavy atom. The molecule has 0 bridgehead atoms. The molecule has 1 aliphatic rings. The number of aromatic nitrogens is 3. The molecule has 6 nitrogen and oxygen atoms in total. The smallest absolute Gasteiger partial charge is 0.332 e. The van der Waals surface area contributed by atoms with Crippen LogP contribution >= 0.6 is 0 Å². The molecule has 2 N–H and O–H groups in total. The lowest BCUT2D eigenvalue weighted by Gasteiger charge is -2.28. The Labute approximate surface area is 182 Å². The molecule has 166 valence electrons. The predicted octanol–water partition coefficient (Wildman–Crippen LogP) is 5.26. The van der Waals surface area contributed by atoms with Crippen LogP contribution in [0.25, 0.3) is 27.5 Å². The van der Waals surface area contributed by atoms with Crippen LogP contribution in [-0.2, 0) is 9.53 Å². The molecular weight excluding hydrogens is 416 g/mol. The zero-order chi connectivity index (χ0) is 22.6. The Hall–Kier alpha value is -3.26. The first kappa shape index (κ1) is 20.6. The average Bonchev–Trinajstić information content (AvgIpc) is 3.38. The maximum atomic E-state index is 15.9. The Morgan fingerprint density at radius 3 is 2.62 bits per heavy atom. The number of carboxylic acid groups (broad SMARTS) is 1. The number of rotatable bonds is 4. The molecule has 4 aromatic rings. The Kier molecular flexibility index (Phi) is 4.97. The number of carboxylic acids is 1. The van der Waals surface area contributed by atoms with Gasteiger partial charge in [0.05, 0.1) is 18.3 Å². The first-order valence-corrected chi connectivity index (χ1v) is 10.7. The summed E-state index contributed by atoms with van der Waals surface area (Å²) < 4.78 is 37.1. The van der Waals surface area contributed by atoms with Crippen LogP contribution in [0.2, 0.25) is 0 Å². The van der Waals surface area contributed by atoms with E-state index < -0.39 is 17.9 Å². The van der Waals surface area contributed by atoms with Crippen molar-refractivity contribution in [2.75, 3.05) is 6.61 Å². The molecule has 0 radical (unpaired) electrons. The Balaban J connectivity index is 1.81. The molecule has 32 heavy (non-hydrogen) atoms. The number of benzene rings is 2. The van der Waals surface area contributed by atoms with Crippen molar-refractivity contribution in [1.82, 2.24) is 14.8 Å². The van der Waals surface area contributed by atoms with Crippen LogP contribution in [0.3, 0.4) is 0 Å². The summed E-state index contributed by atoms with van der Waals surface area (Å²) in [7, 11) is 0. The van der Waals surface area contributed by atoms with Gasteiger partial charge in [-0.15, -0.1) is 0 Å². The van der Waals surface area contributed by atoms with Crippen molar-refractivity contribution in [1.29, 1.82) is 0 Å². The molecule has 3 heterocycles. The molecule has 1 saturated heterocycles. The summed E-state index contributed by atoms with van der Waals surface area (Å²) in [6, 6.07) is 8.02. The summed E-state index contributed by atoms with van der Waals surface area (Å²) in [6.45, 7) is 4.26. The van der Waals surface area contributed by atoms with E-state index in [-0.39, 0.29) is 24.3 Å². The van der Waals surface area contributed by atoms with Gasteiger partial charge in [0.25, 0.3) is 0 Å². The number of H-pyrrole nitrogens is 1. The van der Waals surface area contributed by atoms with Crippen LogP contribution in [0.4, 0.5) is 8.78 Å². The number of hydrogen-bond acceptors (Lipinski definition) is 3. The van der Waals surface area contributed by atoms with E-state index in [2.05, 4.69) is 10.2 Å². The number of halogens is 2. The number of fused-ring (bicyclic) bond motifs is 2. The number of aromatic amines is 1. The van der Waals surface area contributed by atoms with E-state index in [0.717, 1.165) is 16.9 Å². The molecular formula is C24H23F2N3O3. The molecule has 0 amide bonds. The van der Waals surface area contributed by atoms with E-state index in [1.807, 2.05) is 24.5 Å². The van der Waals surface area contributed by atoms with Gasteiger partial charge in [-0.25, -0.2) is 13.6 Å². The lowest BCUT2D eigenvalue weighted by molar-refractivity contribution is -0.153. The third kappa shape index (κ3) is 3.17. The lowest BCUT2D eigenvalue weighted by atomic mass is 9.86. The van der Waals surface area contributed by atoms with Crippen molar-refractivity contribution in [3.05, 3.63) is 59.4 Å². The summed E-state index contributed by atoms with van der Waals surface area (Å²) in [5.41, 5.74) is 3.45. The first-order valence-electron chi connectivity index (χ1n) is 10.7. The summed E-state index contributed by atoms with van der Waals surface area (Å²) in [6.07, 6.45) is 1.66. The largest absolute Gasteiger partial charge is 0.479 e. The van der Waals surface area contributed by atoms with Crippen molar-refractivity contribution in [3.8, 4) is 5.69 Å². The molecule has 0 saturated carbocycles. The van der Waals surface area contributed by atoms with Crippen molar-refractivity contribution in [3.63, 3.8) is 0 Å². The highest BCUT2D eigenvalue weighted by Crippen LogP contribution is 2.44. The summed E-state index contributed by atoms with van der Waals surface area (Å²) in [5.74, 6) is -1.86. The molecule has 0 unspecified atom stereocenters. The Bertz CT molecular complexity index is 1320. The average molecular weight is 439 g/mol. The first-order chi connectivity index (χ1) is 15.4. The monoisotopic (exact) mass is 439 g/mol. The van der Waals surface area contributed by atoms with Crippen LogP contribution in [0.15, 0.2) is 36.5 Å². The van der Waals surface area contributed by atoms with Gasteiger partial charge in [-0.05, 0) is 54.7 Å². The van der Waals surface area contributed by atoms with Gasteiger partial charge in [-0.2, -0.15) is 5.10 Å². The van der Waals surface area contributed by atoms with Crippen molar-refractivity contribution in [2.24, 2.45) is 0 Å². The van der Waals surface area contributed by atoms with E-state index in [1.54, 1.807) is 18.3 Å². The zero-order valence-corrected chi connectivity index (χ0v) is 17.7. The number of ether oxygens (including phenoxy) is 1. The van der Waals surface area contributed by atoms with Crippen LogP contribution in [0.1, 0.15) is 49.8 Å². The highest BCUT2D eigenvalue weighted by molar-refractivity contribution is 5.99. The minimum Gasteiger partial charge on any atom is -0.479 e. The van der Waals surface area contributed by atoms with Crippen LogP contribution < -0.4 is 0 Å². The number of carbonyl (C=O) groups is 1. The molecule has 1 aliphatic heterocycles. The number of nitrogens with zero attached hydrogens (tertiary/aromatic N) is 2. The highest BCUT2D eigenvalue weighted by atomic mass is 19.1. The topological polar surface area (TPSA) is 80.1 Å². The molecule has 2 atom stereocenters. The third-order valence-electron chi connectivity index (χ3n) is 6.27. The van der Waals surface area contributed by atoms with Crippen LogP contribution in [-0.4, -0.2) is 38.6 Å². The van der Waals surface area contributed by atoms with Gasteiger partial charge in [0, 0.05) is 28.1 Å². The predicted molar refractivity (Wildman–Crippen MR) is 116 cm³/mol. The minimum atomic E-state index is -0.980. The van der Waals surface area contributed by atoms with E-state index in [1.165, 1.54) is 12.1 Å². The van der Waals surface area contributed by atoms with Gasteiger partial charge in [0.1, 0.15) is 11.3 Å². The number of hydrogen-bond donors (Lipinski definition) is 2. The fraction of sp³-hybridized carbons (Fsp3) is 0.333. The lowest BCUT2D eigenvalue weighted by Crippen LogP contribution is -2.31. The second kappa shape index (κ2) is 7.70. The summed E-state index contributed by atoms with van der Waals surface area (Å²) >= 11 is 0. The van der Waals surface area contributed by atoms with Crippen molar-refractivity contribution in [2.45, 2.75) is 44.6 Å². The number of aliphatic carboxylic acids is 1. The zero-order valence-electron chi connectivity index (χ0n) is 17.7. The highest BCUT2D eigenvalue weighted by Gasteiger charge is 2.34. The van der Waals surface area contributed by atoms with E-state index >= 15 is 4.39 Å². The fourth-order valence-corrected chi connectivity index (χ4v) is 4.87. The van der Waals surface area contributed by atoms with Gasteiger partial charge in [-0.3, -0.25) is 5.10 Å². The molecule has 1 fully saturated rings. The van der Waals surface area contributed by atoms with Crippen LogP contribution in [0.5, 0.6) is 0 Å². The molecule has 8 heteroatoms. The van der Waals surface area contributed by atoms with Gasteiger partial charge >= 0.3 is 5.97 Å². The van der Waals surface area contributed by atoms with E-state index in [0.29, 0.717) is 34.6 Å². The summed E-state index contributed by atoms with van der Waals surface area (Å²) in [5, 5.41) is 17.1. The molecule has 0 aliphatic carbocycles. The van der Waals surface area contributed by atoms with Gasteiger partial charge < -0.3 is 14.4 Å². The fourth-order valence-electron chi connectivity index (χ4n) is 4.87. The maximum Gasteiger partial charge on any atom is 0.332 e. The maximum absolute atomic E-state index is 15.9. The third-order valence-corrected chi connectivity index (χ3v) is 6.27. The normalized spacial score (nSPS) is 19.3.